The van der Waals surface area contributed by atoms with Gasteiger partial charge in [-0.3, -0.25) is 4.79 Å². The van der Waals surface area contributed by atoms with Gasteiger partial charge in [0.15, 0.2) is 11.6 Å². The molecule has 0 unspecified atom stereocenters. The molecule has 9 heteroatoms. The predicted molar refractivity (Wildman–Crippen MR) is 130 cm³/mol. The van der Waals surface area contributed by atoms with Crippen LogP contribution in [0.25, 0.3) is 11.3 Å². The highest BCUT2D eigenvalue weighted by atomic mass is 19.1. The molecule has 2 aliphatic rings. The first-order chi connectivity index (χ1) is 18.0. The molecule has 0 saturated heterocycles. The highest BCUT2D eigenvalue weighted by molar-refractivity contribution is 6.05. The number of anilines is 2. The number of aryl methyl sites for hydroxylation is 1. The Bertz CT molecular complexity index is 1430. The van der Waals surface area contributed by atoms with E-state index in [1.54, 1.807) is 13.0 Å². The number of ether oxygens (including phenoxy) is 1. The summed E-state index contributed by atoms with van der Waals surface area (Å²) in [5.41, 5.74) is 8.98. The Morgan fingerprint density at radius 2 is 2.06 bits per heavy atom. The number of fused-ring (bicyclic) bond motifs is 2. The normalized spacial score (nSPS) is 16.8. The van der Waals surface area contributed by atoms with Crippen LogP contribution in [0.4, 0.5) is 20.3 Å². The average Bonchev–Trinajstić information content (AvgIpc) is 3.55. The van der Waals surface area contributed by atoms with E-state index in [1.807, 2.05) is 0 Å². The molecule has 1 aromatic heterocycles. The monoisotopic (exact) mass is 482 g/mol. The largest absolute Gasteiger partial charge is 0.486 e. The molecule has 1 saturated carbocycles. The summed E-state index contributed by atoms with van der Waals surface area (Å²) in [6, 6.07) is 5.44. The Balaban J connectivity index is 1.42. The van der Waals surface area contributed by atoms with Crippen LogP contribution < -0.4 is 21.1 Å². The number of rotatable bonds is 7. The van der Waals surface area contributed by atoms with Crippen LogP contribution >= 0.6 is 0 Å². The molecule has 0 aliphatic heterocycles. The molecule has 5 rings (SSSR count). The fourth-order valence-corrected chi connectivity index (χ4v) is 4.84. The quantitative estimate of drug-likeness (QED) is 0.438. The lowest BCUT2D eigenvalue weighted by molar-refractivity contribution is 0.102. The maximum Gasteiger partial charge on any atom is 0.258 e. The van der Waals surface area contributed by atoms with Gasteiger partial charge in [-0.05, 0) is 86.0 Å². The van der Waals surface area contributed by atoms with Crippen LogP contribution in [0, 0.1) is 18.6 Å². The molecule has 1 heterocycles. The van der Waals surface area contributed by atoms with Gasteiger partial charge in [0.2, 0.25) is 0 Å². The summed E-state index contributed by atoms with van der Waals surface area (Å²) < 4.78 is 57.0. The second kappa shape index (κ2) is 8.88. The molecular formula is C26H27F2N5O2. The van der Waals surface area contributed by atoms with Crippen molar-refractivity contribution in [1.29, 1.82) is 0 Å². The Kier molecular flexibility index (Phi) is 5.00. The van der Waals surface area contributed by atoms with E-state index in [1.165, 1.54) is 18.5 Å². The number of aromatic nitrogens is 2. The van der Waals surface area contributed by atoms with Crippen LogP contribution in [0.3, 0.4) is 0 Å². The van der Waals surface area contributed by atoms with Gasteiger partial charge in [-0.25, -0.2) is 18.7 Å². The van der Waals surface area contributed by atoms with E-state index in [9.17, 15) is 13.6 Å². The van der Waals surface area contributed by atoms with E-state index < -0.39 is 24.5 Å². The minimum Gasteiger partial charge on any atom is -0.486 e. The number of nitrogens with one attached hydrogen (secondary N) is 2. The molecule has 1 spiro atoms. The first-order valence-electron chi connectivity index (χ1n) is 12.9. The minimum atomic E-state index is -2.34. The molecule has 4 N–H and O–H groups in total. The van der Waals surface area contributed by atoms with E-state index in [4.69, 9.17) is 14.6 Å². The van der Waals surface area contributed by atoms with E-state index in [-0.39, 0.29) is 52.6 Å². The van der Waals surface area contributed by atoms with Gasteiger partial charge in [-0.15, -0.1) is 0 Å². The summed E-state index contributed by atoms with van der Waals surface area (Å²) in [6.07, 6.45) is 5.06. The summed E-state index contributed by atoms with van der Waals surface area (Å²) in [6.45, 7) is -0.770. The summed E-state index contributed by atoms with van der Waals surface area (Å²) in [5, 5.41) is 4.96. The van der Waals surface area contributed by atoms with Crippen molar-refractivity contribution >= 4 is 17.4 Å². The van der Waals surface area contributed by atoms with Gasteiger partial charge in [0, 0.05) is 21.9 Å². The molecule has 0 radical (unpaired) electrons. The molecule has 35 heavy (non-hydrogen) atoms. The summed E-state index contributed by atoms with van der Waals surface area (Å²) in [5.74, 6) is -1.93. The molecular weight excluding hydrogens is 452 g/mol. The first-order valence-corrected chi connectivity index (χ1v) is 11.4. The number of likely N-dealkylation sites (N-methyl/N-ethyl adjacent to an activating group) is 1. The SMILES string of the molecule is [2H]C([2H])([2H])NCCOc1c(N)ncnc1-c1cc(F)cc(NC(=O)c2cc3c(cc2F)C2(CC3)CC2)c1C. The molecule has 2 aliphatic carbocycles. The predicted octanol–water partition coefficient (Wildman–Crippen LogP) is 4.14. The number of carbonyl (C=O) groups excluding carboxylic acids is 1. The van der Waals surface area contributed by atoms with Crippen LogP contribution in [0.15, 0.2) is 30.6 Å². The lowest BCUT2D eigenvalue weighted by Gasteiger charge is -2.17. The molecule has 3 aromatic rings. The van der Waals surface area contributed by atoms with Gasteiger partial charge in [-0.2, -0.15) is 0 Å². The van der Waals surface area contributed by atoms with Gasteiger partial charge in [0.25, 0.3) is 5.91 Å². The van der Waals surface area contributed by atoms with Gasteiger partial charge in [-0.1, -0.05) is 0 Å². The van der Waals surface area contributed by atoms with Crippen molar-refractivity contribution < 1.29 is 22.4 Å². The third-order valence-corrected chi connectivity index (χ3v) is 6.92. The van der Waals surface area contributed by atoms with Gasteiger partial charge in [0.1, 0.15) is 30.3 Å². The van der Waals surface area contributed by atoms with E-state index >= 15 is 0 Å². The molecule has 0 bridgehead atoms. The highest BCUT2D eigenvalue weighted by Crippen LogP contribution is 2.57. The Morgan fingerprint density at radius 3 is 2.83 bits per heavy atom. The number of nitrogen functional groups attached to an aromatic ring is 1. The number of carbonyl (C=O) groups is 1. The zero-order chi connectivity index (χ0) is 27.2. The number of nitrogens with zero attached hydrogens (tertiary/aromatic N) is 2. The number of amides is 1. The fourth-order valence-electron chi connectivity index (χ4n) is 4.84. The maximum absolute atomic E-state index is 15.0. The fraction of sp³-hybridized carbons (Fsp3) is 0.346. The first kappa shape index (κ1) is 19.7. The standard InChI is InChI=1S/C26H27F2N5O2/c1-14-17(22-23(35-8-7-30-2)24(29)32-13-31-22)10-16(27)11-21(14)33-25(34)18-9-15-3-4-26(5-6-26)19(15)12-20(18)28/h9-13,30H,3-8H2,1-2H3,(H,33,34)(H2,29,31,32)/i2D3. The smallest absolute Gasteiger partial charge is 0.258 e. The Labute approximate surface area is 206 Å². The van der Waals surface area contributed by atoms with Gasteiger partial charge in [0.05, 0.1) is 5.56 Å². The second-order valence-electron chi connectivity index (χ2n) is 9.06. The maximum atomic E-state index is 15.0. The summed E-state index contributed by atoms with van der Waals surface area (Å²) >= 11 is 0. The van der Waals surface area contributed by atoms with Crippen LogP contribution in [0.5, 0.6) is 5.75 Å². The Morgan fingerprint density at radius 1 is 1.23 bits per heavy atom. The van der Waals surface area contributed by atoms with Crippen LogP contribution in [0.1, 0.15) is 50.4 Å². The molecule has 182 valence electrons. The number of hydrogen-bond donors (Lipinski definition) is 3. The highest BCUT2D eigenvalue weighted by Gasteiger charge is 2.48. The third-order valence-electron chi connectivity index (χ3n) is 6.92. The minimum absolute atomic E-state index is 0.0127. The number of hydrogen-bond acceptors (Lipinski definition) is 6. The average molecular weight is 483 g/mol. The summed E-state index contributed by atoms with van der Waals surface area (Å²) in [4.78, 5) is 21.2. The Hall–Kier alpha value is -3.59. The van der Waals surface area contributed by atoms with Gasteiger partial charge < -0.3 is 21.1 Å². The van der Waals surface area contributed by atoms with Crippen LogP contribution in [0.2, 0.25) is 0 Å². The van der Waals surface area contributed by atoms with Crippen molar-refractivity contribution in [2.45, 2.75) is 38.0 Å². The zero-order valence-corrected chi connectivity index (χ0v) is 19.2. The lowest BCUT2D eigenvalue weighted by Crippen LogP contribution is -2.17. The van der Waals surface area contributed by atoms with E-state index in [2.05, 4.69) is 20.6 Å². The van der Waals surface area contributed by atoms with E-state index in [0.717, 1.165) is 42.9 Å². The molecule has 1 amide bonds. The van der Waals surface area contributed by atoms with Crippen molar-refractivity contribution in [3.05, 3.63) is 64.5 Å². The molecule has 1 fully saturated rings. The zero-order valence-electron chi connectivity index (χ0n) is 22.2. The summed E-state index contributed by atoms with van der Waals surface area (Å²) in [7, 11) is 0. The van der Waals surface area contributed by atoms with Gasteiger partial charge >= 0.3 is 0 Å². The van der Waals surface area contributed by atoms with Crippen LogP contribution in [-0.4, -0.2) is 36.0 Å². The molecule has 7 nitrogen and oxygen atoms in total. The van der Waals surface area contributed by atoms with Crippen molar-refractivity contribution in [1.82, 2.24) is 15.3 Å². The number of nitrogens with two attached hydrogens (primary N) is 1. The molecule has 2 aromatic carbocycles. The van der Waals surface area contributed by atoms with Crippen LogP contribution in [-0.2, 0) is 11.8 Å². The van der Waals surface area contributed by atoms with Crippen molar-refractivity contribution in [2.75, 3.05) is 31.2 Å². The van der Waals surface area contributed by atoms with Crippen molar-refractivity contribution in [2.24, 2.45) is 0 Å². The lowest BCUT2D eigenvalue weighted by atomic mass is 9.96. The number of halogens is 2. The van der Waals surface area contributed by atoms with Crippen molar-refractivity contribution in [3.63, 3.8) is 0 Å². The van der Waals surface area contributed by atoms with E-state index in [0.29, 0.717) is 5.56 Å². The molecule has 0 atom stereocenters. The third kappa shape index (κ3) is 4.20. The van der Waals surface area contributed by atoms with Crippen molar-refractivity contribution in [3.8, 4) is 17.0 Å². The topological polar surface area (TPSA) is 102 Å². The second-order valence-corrected chi connectivity index (χ2v) is 9.06. The number of benzene rings is 2.